The maximum Gasteiger partial charge on any atom is 0.293 e. The summed E-state index contributed by atoms with van der Waals surface area (Å²) in [5.74, 6) is 0.642. The molecule has 2 N–H and O–H groups in total. The van der Waals surface area contributed by atoms with Crippen LogP contribution in [0.4, 0.5) is 11.4 Å². The third-order valence-corrected chi connectivity index (χ3v) is 4.21. The van der Waals surface area contributed by atoms with Gasteiger partial charge < -0.3 is 15.2 Å². The lowest BCUT2D eigenvalue weighted by Crippen LogP contribution is -2.21. The van der Waals surface area contributed by atoms with Gasteiger partial charge in [-0.2, -0.15) is 0 Å². The van der Waals surface area contributed by atoms with Crippen molar-refractivity contribution in [2.24, 2.45) is 0 Å². The Bertz CT molecular complexity index is 787. The Morgan fingerprint density at radius 2 is 2.08 bits per heavy atom. The Hall–Kier alpha value is -2.41. The first-order chi connectivity index (χ1) is 11.6. The number of aromatic nitrogens is 3. The second-order valence-corrected chi connectivity index (χ2v) is 6.01. The Morgan fingerprint density at radius 1 is 1.25 bits per heavy atom. The van der Waals surface area contributed by atoms with E-state index in [1.54, 1.807) is 25.1 Å². The lowest BCUT2D eigenvalue weighted by molar-refractivity contribution is -0.115. The van der Waals surface area contributed by atoms with Gasteiger partial charge in [0.25, 0.3) is 5.91 Å². The van der Waals surface area contributed by atoms with E-state index in [-0.39, 0.29) is 17.6 Å². The Kier molecular flexibility index (Phi) is 4.80. The maximum atomic E-state index is 12.5. The van der Waals surface area contributed by atoms with Gasteiger partial charge in [-0.1, -0.05) is 18.5 Å². The molecule has 0 bridgehead atoms. The van der Waals surface area contributed by atoms with Crippen molar-refractivity contribution in [2.75, 3.05) is 10.6 Å². The number of hydrogen-bond acceptors (Lipinski definition) is 4. The molecule has 0 fully saturated rings. The van der Waals surface area contributed by atoms with Gasteiger partial charge in [-0.25, -0.2) is 0 Å². The van der Waals surface area contributed by atoms with Gasteiger partial charge in [-0.15, -0.1) is 10.2 Å². The number of hydrogen-bond donors (Lipinski definition) is 2. The van der Waals surface area contributed by atoms with Gasteiger partial charge in [0.1, 0.15) is 5.82 Å². The van der Waals surface area contributed by atoms with Crippen molar-refractivity contribution in [3.05, 3.63) is 34.9 Å². The fourth-order valence-corrected chi connectivity index (χ4v) is 2.77. The molecule has 2 aromatic rings. The number of rotatable bonds is 4. The van der Waals surface area contributed by atoms with Crippen molar-refractivity contribution in [1.29, 1.82) is 0 Å². The summed E-state index contributed by atoms with van der Waals surface area (Å²) in [5, 5.41) is 13.9. The first-order valence-electron chi connectivity index (χ1n) is 7.91. The third-order valence-electron chi connectivity index (χ3n) is 3.88. The molecule has 1 aliphatic heterocycles. The van der Waals surface area contributed by atoms with Crippen molar-refractivity contribution in [3.8, 4) is 0 Å². The van der Waals surface area contributed by atoms with E-state index in [2.05, 4.69) is 20.8 Å². The lowest BCUT2D eigenvalue weighted by Gasteiger charge is -2.15. The van der Waals surface area contributed by atoms with Crippen LogP contribution in [-0.4, -0.2) is 26.6 Å². The molecule has 0 saturated carbocycles. The van der Waals surface area contributed by atoms with Gasteiger partial charge in [0.15, 0.2) is 0 Å². The molecule has 2 heterocycles. The first-order valence-corrected chi connectivity index (χ1v) is 8.29. The van der Waals surface area contributed by atoms with Crippen LogP contribution in [-0.2, 0) is 17.8 Å². The maximum absolute atomic E-state index is 12.5. The predicted molar refractivity (Wildman–Crippen MR) is 91.3 cm³/mol. The summed E-state index contributed by atoms with van der Waals surface area (Å²) in [6, 6.07) is 4.94. The third kappa shape index (κ3) is 3.41. The number of nitrogens with one attached hydrogen (secondary N) is 2. The molecule has 1 aliphatic rings. The van der Waals surface area contributed by atoms with Crippen LogP contribution in [0, 0.1) is 0 Å². The van der Waals surface area contributed by atoms with Crippen LogP contribution in [0.3, 0.4) is 0 Å². The summed E-state index contributed by atoms with van der Waals surface area (Å²) in [6.45, 7) is 2.51. The molecule has 126 valence electrons. The number of nitrogens with zero attached hydrogens (tertiary/aromatic N) is 3. The normalized spacial score (nSPS) is 13.2. The van der Waals surface area contributed by atoms with Gasteiger partial charge >= 0.3 is 0 Å². The van der Waals surface area contributed by atoms with Crippen molar-refractivity contribution in [1.82, 2.24) is 14.8 Å². The molecule has 0 saturated heterocycles. The molecule has 0 aliphatic carbocycles. The second-order valence-electron chi connectivity index (χ2n) is 5.60. The Balaban J connectivity index is 1.80. The number of halogens is 1. The molecule has 0 unspecified atom stereocenters. The number of amides is 2. The van der Waals surface area contributed by atoms with E-state index < -0.39 is 0 Å². The molecule has 3 rings (SSSR count). The number of carbonyl (C=O) groups is 2. The summed E-state index contributed by atoms with van der Waals surface area (Å²) in [6.07, 6.45) is 3.27. The van der Waals surface area contributed by atoms with E-state index in [4.69, 9.17) is 11.6 Å². The highest BCUT2D eigenvalue weighted by molar-refractivity contribution is 6.34. The van der Waals surface area contributed by atoms with E-state index >= 15 is 0 Å². The van der Waals surface area contributed by atoms with Crippen molar-refractivity contribution in [2.45, 2.75) is 39.2 Å². The van der Waals surface area contributed by atoms with Crippen LogP contribution in [0.2, 0.25) is 5.02 Å². The van der Waals surface area contributed by atoms with Crippen LogP contribution in [0.5, 0.6) is 0 Å². The summed E-state index contributed by atoms with van der Waals surface area (Å²) in [7, 11) is 0. The van der Waals surface area contributed by atoms with Crippen LogP contribution in [0.15, 0.2) is 18.2 Å². The molecule has 24 heavy (non-hydrogen) atoms. The van der Waals surface area contributed by atoms with E-state index in [0.29, 0.717) is 22.8 Å². The van der Waals surface area contributed by atoms with Crippen LogP contribution >= 0.6 is 11.6 Å². The average molecular weight is 348 g/mol. The minimum atomic E-state index is -0.364. The van der Waals surface area contributed by atoms with E-state index in [1.807, 2.05) is 4.57 Å². The van der Waals surface area contributed by atoms with Gasteiger partial charge in [-0.05, 0) is 31.0 Å². The number of aryl methyl sites for hydroxylation is 1. The van der Waals surface area contributed by atoms with Crippen LogP contribution in [0.1, 0.15) is 42.6 Å². The number of anilines is 2. The number of benzene rings is 1. The zero-order valence-corrected chi connectivity index (χ0v) is 14.1. The molecule has 0 atom stereocenters. The highest BCUT2D eigenvalue weighted by atomic mass is 35.5. The first kappa shape index (κ1) is 16.4. The number of carbonyl (C=O) groups excluding carboxylic acids is 2. The summed E-state index contributed by atoms with van der Waals surface area (Å²) < 4.78 is 1.84. The summed E-state index contributed by atoms with van der Waals surface area (Å²) >= 11 is 6.15. The smallest absolute Gasteiger partial charge is 0.293 e. The molecule has 8 heteroatoms. The van der Waals surface area contributed by atoms with E-state index in [9.17, 15) is 9.59 Å². The topological polar surface area (TPSA) is 88.9 Å². The largest absolute Gasteiger partial charge is 0.326 e. The molecule has 1 aromatic carbocycles. The molecule has 0 radical (unpaired) electrons. The highest BCUT2D eigenvalue weighted by Gasteiger charge is 2.21. The highest BCUT2D eigenvalue weighted by Crippen LogP contribution is 2.26. The quantitative estimate of drug-likeness (QED) is 0.890. The molecular formula is C16H18ClN5O2. The zero-order chi connectivity index (χ0) is 17.1. The van der Waals surface area contributed by atoms with E-state index in [0.717, 1.165) is 31.6 Å². The van der Waals surface area contributed by atoms with Crippen LogP contribution in [0.25, 0.3) is 0 Å². The summed E-state index contributed by atoms with van der Waals surface area (Å²) in [4.78, 5) is 24.0. The molecule has 2 amide bonds. The molecule has 7 nitrogen and oxygen atoms in total. The Morgan fingerprint density at radius 3 is 2.88 bits per heavy atom. The summed E-state index contributed by atoms with van der Waals surface area (Å²) in [5.41, 5.74) is 0.994. The lowest BCUT2D eigenvalue weighted by atomic mass is 10.1. The van der Waals surface area contributed by atoms with Gasteiger partial charge in [0.2, 0.25) is 11.7 Å². The fourth-order valence-electron chi connectivity index (χ4n) is 2.60. The van der Waals surface area contributed by atoms with Crippen molar-refractivity contribution >= 4 is 34.8 Å². The minimum Gasteiger partial charge on any atom is -0.326 e. The van der Waals surface area contributed by atoms with Crippen LogP contribution < -0.4 is 10.6 Å². The molecule has 1 aromatic heterocycles. The monoisotopic (exact) mass is 347 g/mol. The predicted octanol–water partition coefficient (Wildman–Crippen LogP) is 2.87. The van der Waals surface area contributed by atoms with Gasteiger partial charge in [0, 0.05) is 25.1 Å². The molecular weight excluding hydrogens is 330 g/mol. The fraction of sp³-hybridized carbons (Fsp3) is 0.375. The van der Waals surface area contributed by atoms with Crippen molar-refractivity contribution in [3.63, 3.8) is 0 Å². The second kappa shape index (κ2) is 7.00. The van der Waals surface area contributed by atoms with Gasteiger partial charge in [0.05, 0.1) is 10.7 Å². The van der Waals surface area contributed by atoms with Gasteiger partial charge in [-0.3, -0.25) is 9.59 Å². The number of fused-ring (bicyclic) bond motifs is 1. The zero-order valence-electron chi connectivity index (χ0n) is 13.3. The minimum absolute atomic E-state index is 0.110. The molecule has 0 spiro atoms. The van der Waals surface area contributed by atoms with Crippen molar-refractivity contribution < 1.29 is 9.59 Å². The Labute approximate surface area is 144 Å². The average Bonchev–Trinajstić information content (AvgIpc) is 3.02. The SMILES string of the molecule is CCC(=O)Nc1ccc(Cl)c(NC(=O)c2nnc3n2CCCC3)c1. The standard InChI is InChI=1S/C16H18ClN5O2/c1-2-14(23)18-10-6-7-11(17)12(9-10)19-16(24)15-21-20-13-5-3-4-8-22(13)15/h6-7,9H,2-5,8H2,1H3,(H,18,23)(H,19,24). The van der Waals surface area contributed by atoms with E-state index in [1.165, 1.54) is 0 Å².